The van der Waals surface area contributed by atoms with E-state index in [9.17, 15) is 13.5 Å². The molecule has 2 aromatic rings. The molecular formula is C28H34N2O3S. The summed E-state index contributed by atoms with van der Waals surface area (Å²) in [5.41, 5.74) is 2.18. The summed E-state index contributed by atoms with van der Waals surface area (Å²) >= 11 is 0. The quantitative estimate of drug-likeness (QED) is 0.679. The fourth-order valence-electron chi connectivity index (χ4n) is 5.91. The zero-order valence-electron chi connectivity index (χ0n) is 19.6. The zero-order chi connectivity index (χ0) is 23.5. The zero-order valence-corrected chi connectivity index (χ0v) is 20.5. The Balaban J connectivity index is 1.37. The molecule has 2 aromatic carbocycles. The van der Waals surface area contributed by atoms with E-state index in [1.807, 2.05) is 6.07 Å². The minimum atomic E-state index is -3.55. The fourth-order valence-corrected chi connectivity index (χ4v) is 7.43. The van der Waals surface area contributed by atoms with E-state index in [0.29, 0.717) is 23.9 Å². The Hall–Kier alpha value is -2.17. The number of nitrogens with zero attached hydrogens (tertiary/aromatic N) is 2. The predicted octanol–water partition coefficient (Wildman–Crippen LogP) is 3.84. The van der Waals surface area contributed by atoms with Gasteiger partial charge in [-0.1, -0.05) is 55.0 Å². The lowest BCUT2D eigenvalue weighted by atomic mass is 9.74. The smallest absolute Gasteiger partial charge is 0.243 e. The van der Waals surface area contributed by atoms with Gasteiger partial charge in [0.2, 0.25) is 10.0 Å². The summed E-state index contributed by atoms with van der Waals surface area (Å²) in [6, 6.07) is 17.2. The number of aliphatic hydroxyl groups excluding tert-OH is 1. The van der Waals surface area contributed by atoms with Crippen LogP contribution in [0.3, 0.4) is 0 Å². The molecule has 3 fully saturated rings. The van der Waals surface area contributed by atoms with Crippen LogP contribution >= 0.6 is 0 Å². The molecule has 0 amide bonds. The number of benzene rings is 2. The monoisotopic (exact) mass is 478 g/mol. The maximum absolute atomic E-state index is 13.4. The molecule has 0 unspecified atom stereocenters. The van der Waals surface area contributed by atoms with Crippen molar-refractivity contribution in [2.75, 3.05) is 26.2 Å². The van der Waals surface area contributed by atoms with Gasteiger partial charge in [0.15, 0.2) is 0 Å². The van der Waals surface area contributed by atoms with Gasteiger partial charge in [0.25, 0.3) is 0 Å². The normalized spacial score (nSPS) is 26.6. The van der Waals surface area contributed by atoms with E-state index in [1.54, 1.807) is 28.6 Å². The SMILES string of the molecule is O=S(=O)(c1ccccc1)N1CCCCN2[C@H](CO)[C@@H](c3ccc(C#CC4CCCC4)cc3)[C@H]2C1. The highest BCUT2D eigenvalue weighted by molar-refractivity contribution is 7.89. The van der Waals surface area contributed by atoms with Crippen molar-refractivity contribution in [2.45, 2.75) is 61.4 Å². The first-order chi connectivity index (χ1) is 16.6. The molecule has 2 heterocycles. The first kappa shape index (κ1) is 23.6. The fraction of sp³-hybridized carbons (Fsp3) is 0.500. The minimum absolute atomic E-state index is 0.0276. The summed E-state index contributed by atoms with van der Waals surface area (Å²) in [5, 5.41) is 10.2. The number of fused-ring (bicyclic) bond motifs is 1. The largest absolute Gasteiger partial charge is 0.395 e. The van der Waals surface area contributed by atoms with Crippen LogP contribution in [0, 0.1) is 17.8 Å². The van der Waals surface area contributed by atoms with Gasteiger partial charge < -0.3 is 5.11 Å². The molecule has 0 radical (unpaired) electrons. The maximum atomic E-state index is 13.4. The molecule has 3 atom stereocenters. The van der Waals surface area contributed by atoms with Crippen molar-refractivity contribution in [1.82, 2.24) is 9.21 Å². The van der Waals surface area contributed by atoms with Gasteiger partial charge in [0.05, 0.1) is 11.5 Å². The molecular weight excluding hydrogens is 444 g/mol. The second kappa shape index (κ2) is 10.2. The number of hydrogen-bond donors (Lipinski definition) is 1. The van der Waals surface area contributed by atoms with Gasteiger partial charge in [-0.3, -0.25) is 4.90 Å². The first-order valence-corrected chi connectivity index (χ1v) is 14.1. The Morgan fingerprint density at radius 1 is 0.912 bits per heavy atom. The second-order valence-electron chi connectivity index (χ2n) is 9.84. The lowest BCUT2D eigenvalue weighted by molar-refractivity contribution is -0.0553. The third kappa shape index (κ3) is 4.67. The van der Waals surface area contributed by atoms with Crippen LogP contribution in [-0.2, 0) is 10.0 Å². The topological polar surface area (TPSA) is 60.9 Å². The van der Waals surface area contributed by atoms with Crippen LogP contribution < -0.4 is 0 Å². The Bertz CT molecular complexity index is 1130. The van der Waals surface area contributed by atoms with Crippen LogP contribution in [0.4, 0.5) is 0 Å². The van der Waals surface area contributed by atoms with Crippen molar-refractivity contribution in [3.8, 4) is 11.8 Å². The molecule has 5 rings (SSSR count). The van der Waals surface area contributed by atoms with Crippen molar-refractivity contribution in [1.29, 1.82) is 0 Å². The van der Waals surface area contributed by atoms with E-state index in [4.69, 9.17) is 0 Å². The number of aliphatic hydroxyl groups is 1. The summed E-state index contributed by atoms with van der Waals surface area (Å²) in [5.74, 6) is 7.40. The Kier molecular flexibility index (Phi) is 7.08. The summed E-state index contributed by atoms with van der Waals surface area (Å²) in [6.07, 6.45) is 6.76. The van der Waals surface area contributed by atoms with E-state index in [1.165, 1.54) is 25.7 Å². The molecule has 3 aliphatic rings. The van der Waals surface area contributed by atoms with E-state index in [2.05, 4.69) is 41.0 Å². The average Bonchev–Trinajstić information content (AvgIpc) is 3.37. The Labute approximate surface area is 203 Å². The summed E-state index contributed by atoms with van der Waals surface area (Å²) in [4.78, 5) is 2.66. The van der Waals surface area contributed by atoms with Crippen molar-refractivity contribution in [3.63, 3.8) is 0 Å². The summed E-state index contributed by atoms with van der Waals surface area (Å²) in [6.45, 7) is 1.96. The van der Waals surface area contributed by atoms with E-state index < -0.39 is 10.0 Å². The van der Waals surface area contributed by atoms with Crippen LogP contribution in [0.25, 0.3) is 0 Å². The van der Waals surface area contributed by atoms with Gasteiger partial charge >= 0.3 is 0 Å². The molecule has 34 heavy (non-hydrogen) atoms. The van der Waals surface area contributed by atoms with E-state index in [-0.39, 0.29) is 24.6 Å². The van der Waals surface area contributed by atoms with Crippen molar-refractivity contribution in [3.05, 3.63) is 65.7 Å². The van der Waals surface area contributed by atoms with Crippen LogP contribution in [0.2, 0.25) is 0 Å². The van der Waals surface area contributed by atoms with Gasteiger partial charge in [0.1, 0.15) is 0 Å². The molecule has 0 aromatic heterocycles. The molecule has 1 N–H and O–H groups in total. The van der Waals surface area contributed by atoms with Crippen LogP contribution in [-0.4, -0.2) is 61.1 Å². The van der Waals surface area contributed by atoms with Gasteiger partial charge in [-0.05, 0) is 62.1 Å². The molecule has 1 aliphatic carbocycles. The third-order valence-corrected chi connectivity index (χ3v) is 9.66. The molecule has 1 saturated carbocycles. The van der Waals surface area contributed by atoms with Crippen LogP contribution in [0.15, 0.2) is 59.5 Å². The molecule has 2 saturated heterocycles. The molecule has 6 heteroatoms. The standard InChI is InChI=1S/C28H34N2O3S/c31-21-27-28(24-16-14-23(15-17-24)13-12-22-8-4-5-9-22)26-20-29(18-6-7-19-30(26)27)34(32,33)25-10-2-1-3-11-25/h1-3,10-11,14-17,22,26-28,31H,4-9,18-21H2/t26-,27-,28+/m1/s1. The molecule has 5 nitrogen and oxygen atoms in total. The number of rotatable bonds is 4. The average molecular weight is 479 g/mol. The summed E-state index contributed by atoms with van der Waals surface area (Å²) in [7, 11) is -3.55. The van der Waals surface area contributed by atoms with Crippen molar-refractivity contribution in [2.24, 2.45) is 5.92 Å². The molecule has 0 bridgehead atoms. The van der Waals surface area contributed by atoms with Gasteiger partial charge in [0, 0.05) is 42.6 Å². The summed E-state index contributed by atoms with van der Waals surface area (Å²) < 4.78 is 28.4. The van der Waals surface area contributed by atoms with Gasteiger partial charge in [-0.2, -0.15) is 4.31 Å². The molecule has 180 valence electrons. The minimum Gasteiger partial charge on any atom is -0.395 e. The lowest BCUT2D eigenvalue weighted by Gasteiger charge is -2.57. The molecule has 0 spiro atoms. The number of hydrogen-bond acceptors (Lipinski definition) is 4. The van der Waals surface area contributed by atoms with E-state index in [0.717, 1.165) is 30.5 Å². The second-order valence-corrected chi connectivity index (χ2v) is 11.8. The van der Waals surface area contributed by atoms with E-state index >= 15 is 0 Å². The van der Waals surface area contributed by atoms with Crippen molar-refractivity contribution >= 4 is 10.0 Å². The predicted molar refractivity (Wildman–Crippen MR) is 134 cm³/mol. The lowest BCUT2D eigenvalue weighted by Crippen LogP contribution is -2.67. The number of sulfonamides is 1. The Morgan fingerprint density at radius 2 is 1.62 bits per heavy atom. The maximum Gasteiger partial charge on any atom is 0.243 e. The van der Waals surface area contributed by atoms with Gasteiger partial charge in [-0.25, -0.2) is 8.42 Å². The highest BCUT2D eigenvalue weighted by atomic mass is 32.2. The van der Waals surface area contributed by atoms with Crippen LogP contribution in [0.1, 0.15) is 55.6 Å². The highest BCUT2D eigenvalue weighted by Gasteiger charge is 2.50. The van der Waals surface area contributed by atoms with Gasteiger partial charge in [-0.15, -0.1) is 0 Å². The van der Waals surface area contributed by atoms with Crippen LogP contribution in [0.5, 0.6) is 0 Å². The van der Waals surface area contributed by atoms with Crippen molar-refractivity contribution < 1.29 is 13.5 Å². The molecule has 2 aliphatic heterocycles. The third-order valence-electron chi connectivity index (χ3n) is 7.78. The first-order valence-electron chi connectivity index (χ1n) is 12.6. The highest BCUT2D eigenvalue weighted by Crippen LogP contribution is 2.42. The Morgan fingerprint density at radius 3 is 2.32 bits per heavy atom.